The topological polar surface area (TPSA) is 37.8 Å². The fraction of sp³-hybridized carbons (Fsp3) is 0.0435. The molecule has 2 aromatic carbocycles. The summed E-state index contributed by atoms with van der Waals surface area (Å²) in [4.78, 5) is 8.88. The van der Waals surface area contributed by atoms with Gasteiger partial charge >= 0.3 is 0 Å². The zero-order valence-electron chi connectivity index (χ0n) is 14.6. The fourth-order valence-corrected chi connectivity index (χ4v) is 2.99. The Labute approximate surface area is 153 Å². The molecule has 26 heavy (non-hydrogen) atoms. The molecule has 1 N–H and O–H groups in total. The SMILES string of the molecule is Cc1cc(Nc2cccc(-c3ccccn3)c2)cc(-c2ccccn2)c1. The van der Waals surface area contributed by atoms with Crippen LogP contribution in [-0.4, -0.2) is 9.97 Å². The van der Waals surface area contributed by atoms with Crippen molar-refractivity contribution in [1.82, 2.24) is 9.97 Å². The van der Waals surface area contributed by atoms with Crippen LogP contribution < -0.4 is 5.32 Å². The van der Waals surface area contributed by atoms with E-state index in [1.54, 1.807) is 0 Å². The highest BCUT2D eigenvalue weighted by molar-refractivity contribution is 5.72. The number of aryl methyl sites for hydroxylation is 1. The summed E-state index contributed by atoms with van der Waals surface area (Å²) >= 11 is 0. The number of hydrogen-bond donors (Lipinski definition) is 1. The first-order chi connectivity index (χ1) is 12.8. The van der Waals surface area contributed by atoms with Crippen LogP contribution >= 0.6 is 0 Å². The van der Waals surface area contributed by atoms with Gasteiger partial charge in [-0.15, -0.1) is 0 Å². The van der Waals surface area contributed by atoms with Crippen molar-refractivity contribution in [2.24, 2.45) is 0 Å². The summed E-state index contributed by atoms with van der Waals surface area (Å²) < 4.78 is 0. The number of hydrogen-bond acceptors (Lipinski definition) is 3. The van der Waals surface area contributed by atoms with E-state index in [-0.39, 0.29) is 0 Å². The van der Waals surface area contributed by atoms with Gasteiger partial charge in [0.2, 0.25) is 0 Å². The maximum absolute atomic E-state index is 4.46. The van der Waals surface area contributed by atoms with Gasteiger partial charge in [-0.05, 0) is 67.1 Å². The number of pyridine rings is 2. The summed E-state index contributed by atoms with van der Waals surface area (Å²) in [5, 5.41) is 3.51. The zero-order valence-corrected chi connectivity index (χ0v) is 14.6. The van der Waals surface area contributed by atoms with Crippen molar-refractivity contribution in [3.63, 3.8) is 0 Å². The molecule has 4 aromatic rings. The molecule has 0 atom stereocenters. The molecule has 126 valence electrons. The maximum atomic E-state index is 4.46. The molecular weight excluding hydrogens is 318 g/mol. The number of anilines is 2. The zero-order chi connectivity index (χ0) is 17.8. The van der Waals surface area contributed by atoms with Gasteiger partial charge < -0.3 is 5.32 Å². The van der Waals surface area contributed by atoms with Crippen LogP contribution in [0.4, 0.5) is 11.4 Å². The fourth-order valence-electron chi connectivity index (χ4n) is 2.99. The lowest BCUT2D eigenvalue weighted by molar-refractivity contribution is 1.32. The van der Waals surface area contributed by atoms with Gasteiger partial charge in [0, 0.05) is 34.9 Å². The summed E-state index contributed by atoms with van der Waals surface area (Å²) in [6, 6.07) is 26.6. The van der Waals surface area contributed by atoms with E-state index in [9.17, 15) is 0 Å². The van der Waals surface area contributed by atoms with Crippen molar-refractivity contribution < 1.29 is 0 Å². The Morgan fingerprint density at radius 1 is 0.615 bits per heavy atom. The van der Waals surface area contributed by atoms with Gasteiger partial charge in [-0.1, -0.05) is 24.3 Å². The summed E-state index contributed by atoms with van der Waals surface area (Å²) in [6.45, 7) is 2.10. The predicted octanol–water partition coefficient (Wildman–Crippen LogP) is 5.86. The molecule has 4 rings (SSSR count). The molecule has 3 nitrogen and oxygen atoms in total. The lowest BCUT2D eigenvalue weighted by Gasteiger charge is -2.11. The first-order valence-corrected chi connectivity index (χ1v) is 8.59. The van der Waals surface area contributed by atoms with Gasteiger partial charge in [0.05, 0.1) is 11.4 Å². The van der Waals surface area contributed by atoms with Crippen molar-refractivity contribution in [3.05, 3.63) is 96.8 Å². The van der Waals surface area contributed by atoms with E-state index >= 15 is 0 Å². The summed E-state index contributed by atoms with van der Waals surface area (Å²) in [6.07, 6.45) is 3.64. The van der Waals surface area contributed by atoms with Crippen LogP contribution in [0.1, 0.15) is 5.56 Å². The summed E-state index contributed by atoms with van der Waals surface area (Å²) in [5.74, 6) is 0. The second-order valence-corrected chi connectivity index (χ2v) is 6.22. The molecule has 0 aliphatic heterocycles. The largest absolute Gasteiger partial charge is 0.355 e. The van der Waals surface area contributed by atoms with Crippen LogP contribution in [0.5, 0.6) is 0 Å². The third-order valence-electron chi connectivity index (χ3n) is 4.15. The molecule has 0 aliphatic carbocycles. The molecule has 0 spiro atoms. The molecular formula is C23H19N3. The molecule has 3 heteroatoms. The Bertz CT molecular complexity index is 1010. The number of benzene rings is 2. The molecule has 0 fully saturated rings. The van der Waals surface area contributed by atoms with E-state index in [4.69, 9.17) is 0 Å². The highest BCUT2D eigenvalue weighted by Gasteiger charge is 2.04. The van der Waals surface area contributed by atoms with Crippen molar-refractivity contribution >= 4 is 11.4 Å². The first-order valence-electron chi connectivity index (χ1n) is 8.59. The molecule has 0 saturated heterocycles. The molecule has 0 radical (unpaired) electrons. The standard InChI is InChI=1S/C23H19N3/c1-17-13-19(23-10-3-5-12-25-23)16-21(14-17)26-20-8-6-7-18(15-20)22-9-2-4-11-24-22/h2-16,26H,1H3. The average molecular weight is 337 g/mol. The minimum absolute atomic E-state index is 0.967. The van der Waals surface area contributed by atoms with E-state index < -0.39 is 0 Å². The molecule has 0 unspecified atom stereocenters. The maximum Gasteiger partial charge on any atom is 0.0702 e. The molecule has 0 saturated carbocycles. The lowest BCUT2D eigenvalue weighted by Crippen LogP contribution is -1.93. The van der Waals surface area contributed by atoms with Gasteiger partial charge in [0.15, 0.2) is 0 Å². The normalized spacial score (nSPS) is 10.5. The highest BCUT2D eigenvalue weighted by Crippen LogP contribution is 2.27. The Morgan fingerprint density at radius 2 is 1.31 bits per heavy atom. The van der Waals surface area contributed by atoms with Gasteiger partial charge in [-0.25, -0.2) is 0 Å². The number of rotatable bonds is 4. The van der Waals surface area contributed by atoms with Crippen molar-refractivity contribution in [2.45, 2.75) is 6.92 Å². The van der Waals surface area contributed by atoms with Crippen LogP contribution in [-0.2, 0) is 0 Å². The van der Waals surface area contributed by atoms with Crippen molar-refractivity contribution in [3.8, 4) is 22.5 Å². The van der Waals surface area contributed by atoms with Gasteiger partial charge in [-0.3, -0.25) is 9.97 Å². The monoisotopic (exact) mass is 337 g/mol. The predicted molar refractivity (Wildman–Crippen MR) is 107 cm³/mol. The molecule has 2 heterocycles. The van der Waals surface area contributed by atoms with Crippen LogP contribution in [0.15, 0.2) is 91.3 Å². The van der Waals surface area contributed by atoms with E-state index in [0.717, 1.165) is 33.9 Å². The Balaban J connectivity index is 1.65. The lowest BCUT2D eigenvalue weighted by atomic mass is 10.1. The summed E-state index contributed by atoms with van der Waals surface area (Å²) in [5.41, 5.74) is 7.41. The first kappa shape index (κ1) is 16.0. The van der Waals surface area contributed by atoms with Crippen molar-refractivity contribution in [1.29, 1.82) is 0 Å². The second-order valence-electron chi connectivity index (χ2n) is 6.22. The van der Waals surface area contributed by atoms with Gasteiger partial charge in [-0.2, -0.15) is 0 Å². The van der Waals surface area contributed by atoms with E-state index in [1.807, 2.05) is 54.9 Å². The van der Waals surface area contributed by atoms with E-state index in [2.05, 4.69) is 58.6 Å². The van der Waals surface area contributed by atoms with Crippen LogP contribution in [0.3, 0.4) is 0 Å². The molecule has 0 bridgehead atoms. The van der Waals surface area contributed by atoms with E-state index in [1.165, 1.54) is 5.56 Å². The minimum Gasteiger partial charge on any atom is -0.355 e. The van der Waals surface area contributed by atoms with E-state index in [0.29, 0.717) is 0 Å². The Morgan fingerprint density at radius 3 is 2.00 bits per heavy atom. The smallest absolute Gasteiger partial charge is 0.0702 e. The number of nitrogens with one attached hydrogen (secondary N) is 1. The third kappa shape index (κ3) is 3.62. The minimum atomic E-state index is 0.967. The molecule has 0 aliphatic rings. The van der Waals surface area contributed by atoms with Crippen LogP contribution in [0.2, 0.25) is 0 Å². The molecule has 0 amide bonds. The van der Waals surface area contributed by atoms with Crippen molar-refractivity contribution in [2.75, 3.05) is 5.32 Å². The Hall–Kier alpha value is -3.46. The summed E-state index contributed by atoms with van der Waals surface area (Å²) in [7, 11) is 0. The average Bonchev–Trinajstić information content (AvgIpc) is 2.69. The van der Waals surface area contributed by atoms with Crippen LogP contribution in [0.25, 0.3) is 22.5 Å². The third-order valence-corrected chi connectivity index (χ3v) is 4.15. The van der Waals surface area contributed by atoms with Gasteiger partial charge in [0.25, 0.3) is 0 Å². The number of nitrogens with zero attached hydrogens (tertiary/aromatic N) is 2. The quantitative estimate of drug-likeness (QED) is 0.506. The Kier molecular flexibility index (Phi) is 4.44. The number of aromatic nitrogens is 2. The highest BCUT2D eigenvalue weighted by atomic mass is 14.9. The van der Waals surface area contributed by atoms with Crippen LogP contribution in [0, 0.1) is 6.92 Å². The van der Waals surface area contributed by atoms with Gasteiger partial charge in [0.1, 0.15) is 0 Å². The second kappa shape index (κ2) is 7.19. The molecule has 2 aromatic heterocycles.